The molecule has 0 radical (unpaired) electrons. The van der Waals surface area contributed by atoms with Crippen LogP contribution in [0, 0.1) is 6.92 Å². The Morgan fingerprint density at radius 1 is 0.941 bits per heavy atom. The van der Waals surface area contributed by atoms with Gasteiger partial charge in [-0.2, -0.15) is 0 Å². The molecule has 0 aliphatic rings. The molecule has 0 saturated carbocycles. The van der Waals surface area contributed by atoms with Crippen LogP contribution in [0.15, 0.2) is 71.5 Å². The molecule has 4 aromatic rings. The highest BCUT2D eigenvalue weighted by Gasteiger charge is 2.23. The summed E-state index contributed by atoms with van der Waals surface area (Å²) in [5.74, 6) is -0.636. The highest BCUT2D eigenvalue weighted by atomic mass is 35.5. The number of benzene rings is 3. The monoisotopic (exact) mass is 474 g/mol. The van der Waals surface area contributed by atoms with Gasteiger partial charge in [-0.3, -0.25) is 19.0 Å². The first-order chi connectivity index (χ1) is 16.3. The number of halogens is 1. The molecule has 2 N–H and O–H groups in total. The molecule has 0 fully saturated rings. The summed E-state index contributed by atoms with van der Waals surface area (Å²) in [6.07, 6.45) is 0. The maximum Gasteiger partial charge on any atom is 0.278 e. The van der Waals surface area contributed by atoms with Crippen molar-refractivity contribution in [3.8, 4) is 11.3 Å². The van der Waals surface area contributed by atoms with Crippen molar-refractivity contribution in [3.05, 3.63) is 87.7 Å². The van der Waals surface area contributed by atoms with Crippen LogP contribution in [0.25, 0.3) is 22.3 Å². The molecule has 0 unspecified atom stereocenters. The van der Waals surface area contributed by atoms with Crippen LogP contribution in [0.5, 0.6) is 0 Å². The van der Waals surface area contributed by atoms with E-state index in [1.165, 1.54) is 11.5 Å². The first-order valence-electron chi connectivity index (χ1n) is 10.7. The van der Waals surface area contributed by atoms with Crippen LogP contribution in [-0.2, 0) is 9.59 Å². The van der Waals surface area contributed by atoms with Gasteiger partial charge in [0.1, 0.15) is 11.7 Å². The molecular weight excluding hydrogens is 452 g/mol. The Kier molecular flexibility index (Phi) is 6.47. The van der Waals surface area contributed by atoms with Crippen molar-refractivity contribution < 1.29 is 9.59 Å². The van der Waals surface area contributed by atoms with Crippen molar-refractivity contribution in [3.63, 3.8) is 0 Å². The van der Waals surface area contributed by atoms with E-state index in [1.54, 1.807) is 67.6 Å². The minimum Gasteiger partial charge on any atom is -0.326 e. The van der Waals surface area contributed by atoms with Gasteiger partial charge in [-0.05, 0) is 49.7 Å². The second-order valence-corrected chi connectivity index (χ2v) is 8.34. The molecule has 172 valence electrons. The second kappa shape index (κ2) is 9.49. The predicted molar refractivity (Wildman–Crippen MR) is 135 cm³/mol. The number of rotatable bonds is 5. The zero-order valence-electron chi connectivity index (χ0n) is 18.9. The van der Waals surface area contributed by atoms with Gasteiger partial charge in [0.05, 0.1) is 16.7 Å². The van der Waals surface area contributed by atoms with Crippen molar-refractivity contribution in [2.24, 2.45) is 0 Å². The van der Waals surface area contributed by atoms with E-state index in [0.29, 0.717) is 33.0 Å². The maximum absolute atomic E-state index is 13.7. The fourth-order valence-corrected chi connectivity index (χ4v) is 3.97. The van der Waals surface area contributed by atoms with Crippen LogP contribution >= 0.6 is 11.6 Å². The number of fused-ring (bicyclic) bond motifs is 1. The van der Waals surface area contributed by atoms with Gasteiger partial charge in [0.15, 0.2) is 0 Å². The molecule has 1 heterocycles. The molecule has 4 rings (SSSR count). The fourth-order valence-electron chi connectivity index (χ4n) is 3.80. The van der Waals surface area contributed by atoms with Crippen LogP contribution in [-0.4, -0.2) is 21.4 Å². The van der Waals surface area contributed by atoms with Gasteiger partial charge in [0.25, 0.3) is 5.56 Å². The first-order valence-corrected chi connectivity index (χ1v) is 11.1. The number of hydrogen-bond acceptors (Lipinski definition) is 4. The predicted octanol–water partition coefficient (Wildman–Crippen LogP) is 5.18. The maximum atomic E-state index is 13.7. The first kappa shape index (κ1) is 23.2. The molecule has 1 aromatic heterocycles. The lowest BCUT2D eigenvalue weighted by Crippen LogP contribution is -2.33. The summed E-state index contributed by atoms with van der Waals surface area (Å²) < 4.78 is 1.43. The summed E-state index contributed by atoms with van der Waals surface area (Å²) in [6, 6.07) is 18.5. The SMILES string of the molecule is CC(=O)Nc1ccccc1-c1nc2ccccc2n([C@@H](C)C(=O)Nc2cccc(Cl)c2C)c1=O. The molecule has 34 heavy (non-hydrogen) atoms. The molecule has 0 bridgehead atoms. The zero-order valence-corrected chi connectivity index (χ0v) is 19.7. The van der Waals surface area contributed by atoms with E-state index in [0.717, 1.165) is 5.56 Å². The van der Waals surface area contributed by atoms with Crippen molar-refractivity contribution >= 4 is 45.8 Å². The lowest BCUT2D eigenvalue weighted by Gasteiger charge is -2.20. The number of hydrogen-bond donors (Lipinski definition) is 2. The largest absolute Gasteiger partial charge is 0.326 e. The fraction of sp³-hybridized carbons (Fsp3) is 0.154. The van der Waals surface area contributed by atoms with Gasteiger partial charge in [-0.15, -0.1) is 0 Å². The van der Waals surface area contributed by atoms with Gasteiger partial charge in [0, 0.05) is 23.2 Å². The number of carbonyl (C=O) groups is 2. The Balaban J connectivity index is 1.86. The van der Waals surface area contributed by atoms with Crippen molar-refractivity contribution in [1.82, 2.24) is 9.55 Å². The van der Waals surface area contributed by atoms with Gasteiger partial charge in [0.2, 0.25) is 11.8 Å². The molecule has 0 aliphatic heterocycles. The minimum atomic E-state index is -0.856. The van der Waals surface area contributed by atoms with Crippen molar-refractivity contribution in [2.75, 3.05) is 10.6 Å². The third-order valence-corrected chi connectivity index (χ3v) is 5.99. The average molecular weight is 475 g/mol. The van der Waals surface area contributed by atoms with Gasteiger partial charge in [-0.25, -0.2) is 4.98 Å². The zero-order chi connectivity index (χ0) is 24.4. The van der Waals surface area contributed by atoms with Crippen LogP contribution < -0.4 is 16.2 Å². The summed E-state index contributed by atoms with van der Waals surface area (Å²) >= 11 is 6.19. The highest BCUT2D eigenvalue weighted by Crippen LogP contribution is 2.28. The van der Waals surface area contributed by atoms with Crippen LogP contribution in [0.3, 0.4) is 0 Å². The summed E-state index contributed by atoms with van der Waals surface area (Å²) in [4.78, 5) is 43.3. The summed E-state index contributed by atoms with van der Waals surface area (Å²) in [7, 11) is 0. The molecule has 7 nitrogen and oxygen atoms in total. The number of amides is 2. The number of carbonyl (C=O) groups excluding carboxylic acids is 2. The summed E-state index contributed by atoms with van der Waals surface area (Å²) in [5, 5.41) is 6.16. The van der Waals surface area contributed by atoms with E-state index in [4.69, 9.17) is 11.6 Å². The Labute approximate surface area is 201 Å². The number of para-hydroxylation sites is 3. The highest BCUT2D eigenvalue weighted by molar-refractivity contribution is 6.31. The Morgan fingerprint density at radius 3 is 2.38 bits per heavy atom. The molecule has 0 aliphatic carbocycles. The summed E-state index contributed by atoms with van der Waals surface area (Å²) in [5.41, 5.74) is 3.03. The second-order valence-electron chi connectivity index (χ2n) is 7.93. The molecule has 0 spiro atoms. The van der Waals surface area contributed by atoms with Crippen LogP contribution in [0.2, 0.25) is 5.02 Å². The quantitative estimate of drug-likeness (QED) is 0.416. The van der Waals surface area contributed by atoms with Gasteiger partial charge >= 0.3 is 0 Å². The van der Waals surface area contributed by atoms with Gasteiger partial charge in [-0.1, -0.05) is 48.0 Å². The molecule has 2 amide bonds. The van der Waals surface area contributed by atoms with E-state index >= 15 is 0 Å². The molecule has 3 aromatic carbocycles. The lowest BCUT2D eigenvalue weighted by atomic mass is 10.1. The Hall–Kier alpha value is -3.97. The van der Waals surface area contributed by atoms with E-state index in [9.17, 15) is 14.4 Å². The van der Waals surface area contributed by atoms with E-state index in [-0.39, 0.29) is 17.5 Å². The van der Waals surface area contributed by atoms with E-state index in [1.807, 2.05) is 13.0 Å². The van der Waals surface area contributed by atoms with E-state index < -0.39 is 11.6 Å². The minimum absolute atomic E-state index is 0.140. The smallest absolute Gasteiger partial charge is 0.278 e. The number of nitrogens with one attached hydrogen (secondary N) is 2. The normalized spacial score (nSPS) is 11.8. The van der Waals surface area contributed by atoms with Gasteiger partial charge < -0.3 is 10.6 Å². The third-order valence-electron chi connectivity index (χ3n) is 5.58. The van der Waals surface area contributed by atoms with Crippen LogP contribution in [0.4, 0.5) is 11.4 Å². The molecule has 1 atom stereocenters. The Bertz CT molecular complexity index is 1480. The third kappa shape index (κ3) is 4.43. The van der Waals surface area contributed by atoms with Crippen LogP contribution in [0.1, 0.15) is 25.5 Å². The van der Waals surface area contributed by atoms with E-state index in [2.05, 4.69) is 15.6 Å². The lowest BCUT2D eigenvalue weighted by molar-refractivity contribution is -0.118. The molecule has 0 saturated heterocycles. The number of aromatic nitrogens is 2. The average Bonchev–Trinajstić information content (AvgIpc) is 2.81. The molecule has 8 heteroatoms. The van der Waals surface area contributed by atoms with Crippen molar-refractivity contribution in [1.29, 1.82) is 0 Å². The van der Waals surface area contributed by atoms with Crippen molar-refractivity contribution in [2.45, 2.75) is 26.8 Å². The number of nitrogens with zero attached hydrogens (tertiary/aromatic N) is 2. The molecular formula is C26H23ClN4O3. The number of anilines is 2. The Morgan fingerprint density at radius 2 is 1.62 bits per heavy atom. The summed E-state index contributed by atoms with van der Waals surface area (Å²) in [6.45, 7) is 4.87. The topological polar surface area (TPSA) is 93.1 Å². The standard InChI is InChI=1S/C26H23ClN4O3/c1-15-19(27)10-8-13-20(15)30-25(33)16(2)31-23-14-7-6-12-22(23)29-24(26(31)34)18-9-4-5-11-21(18)28-17(3)32/h4-14,16H,1-3H3,(H,28,32)(H,30,33)/t16-/m0/s1.